The van der Waals surface area contributed by atoms with Gasteiger partial charge in [-0.2, -0.15) is 0 Å². The molecule has 1 saturated heterocycles. The van der Waals surface area contributed by atoms with Crippen molar-refractivity contribution in [2.45, 2.75) is 44.1 Å². The number of benzene rings is 1. The van der Waals surface area contributed by atoms with Crippen LogP contribution >= 0.6 is 0 Å². The zero-order chi connectivity index (χ0) is 18.4. The highest BCUT2D eigenvalue weighted by Gasteiger charge is 2.35. The minimum Gasteiger partial charge on any atom is -0.368 e. The molecule has 2 amide bonds. The quantitative estimate of drug-likeness (QED) is 0.836. The number of nitrogens with zero attached hydrogens (tertiary/aromatic N) is 2. The Morgan fingerprint density at radius 1 is 1.00 bits per heavy atom. The van der Waals surface area contributed by atoms with Crippen LogP contribution in [0.4, 0.5) is 5.69 Å². The molecule has 0 aromatic heterocycles. The van der Waals surface area contributed by atoms with Crippen molar-refractivity contribution in [1.29, 1.82) is 0 Å². The van der Waals surface area contributed by atoms with E-state index in [0.29, 0.717) is 13.0 Å². The Kier molecular flexibility index (Phi) is 6.14. The average molecular weight is 358 g/mol. The fraction of sp³-hybridized carbons (Fsp3) is 0.600. The highest BCUT2D eigenvalue weighted by Crippen LogP contribution is 2.25. The third kappa shape index (κ3) is 4.55. The number of carbonyl (C=O) groups is 2. The molecule has 3 N–H and O–H groups in total. The van der Waals surface area contributed by atoms with Crippen molar-refractivity contribution >= 4 is 17.5 Å². The number of rotatable bonds is 5. The predicted molar refractivity (Wildman–Crippen MR) is 103 cm³/mol. The lowest BCUT2D eigenvalue weighted by molar-refractivity contribution is -0.131. The summed E-state index contributed by atoms with van der Waals surface area (Å²) in [6.45, 7) is 3.50. The number of piperazine rings is 1. The van der Waals surface area contributed by atoms with Crippen LogP contribution in [0.25, 0.3) is 0 Å². The molecule has 1 aromatic rings. The van der Waals surface area contributed by atoms with Crippen molar-refractivity contribution in [3.05, 3.63) is 30.3 Å². The van der Waals surface area contributed by atoms with Gasteiger partial charge in [-0.05, 0) is 25.0 Å². The summed E-state index contributed by atoms with van der Waals surface area (Å²) in [6.07, 6.45) is 5.00. The first kappa shape index (κ1) is 18.7. The maximum Gasteiger partial charge on any atom is 0.240 e. The molecule has 3 rings (SSSR count). The van der Waals surface area contributed by atoms with Gasteiger partial charge in [0.25, 0.3) is 0 Å². The zero-order valence-corrected chi connectivity index (χ0v) is 15.5. The van der Waals surface area contributed by atoms with E-state index in [0.717, 1.165) is 58.3 Å². The minimum absolute atomic E-state index is 0.0982. The lowest BCUT2D eigenvalue weighted by Gasteiger charge is -2.36. The molecule has 142 valence electrons. The standard InChI is InChI=1S/C20H30N4O2/c21-20(10-5-2-6-11-20)19(26)22-12-9-18(25)24-15-13-23(14-16-24)17-7-3-1-4-8-17/h1,3-4,7-8H,2,5-6,9-16,21H2,(H,22,26). The molecule has 6 heteroatoms. The van der Waals surface area contributed by atoms with Crippen molar-refractivity contribution < 1.29 is 9.59 Å². The number of hydrogen-bond acceptors (Lipinski definition) is 4. The second kappa shape index (κ2) is 8.54. The van der Waals surface area contributed by atoms with Crippen molar-refractivity contribution in [2.75, 3.05) is 37.6 Å². The molecule has 1 saturated carbocycles. The second-order valence-electron chi connectivity index (χ2n) is 7.43. The molecule has 0 bridgehead atoms. The molecule has 1 aliphatic heterocycles. The molecule has 0 atom stereocenters. The molecule has 0 unspecified atom stereocenters. The van der Waals surface area contributed by atoms with Gasteiger partial charge in [0.15, 0.2) is 0 Å². The van der Waals surface area contributed by atoms with Crippen LogP contribution in [0.3, 0.4) is 0 Å². The number of hydrogen-bond donors (Lipinski definition) is 2. The first-order valence-corrected chi connectivity index (χ1v) is 9.73. The minimum atomic E-state index is -0.734. The van der Waals surface area contributed by atoms with E-state index in [1.165, 1.54) is 5.69 Å². The molecule has 0 spiro atoms. The Hall–Kier alpha value is -2.08. The summed E-state index contributed by atoms with van der Waals surface area (Å²) in [4.78, 5) is 28.9. The number of para-hydroxylation sites is 1. The van der Waals surface area contributed by atoms with Gasteiger partial charge in [-0.15, -0.1) is 0 Å². The van der Waals surface area contributed by atoms with E-state index >= 15 is 0 Å². The van der Waals surface area contributed by atoms with E-state index in [9.17, 15) is 9.59 Å². The Bertz CT molecular complexity index is 605. The Morgan fingerprint density at radius 3 is 2.31 bits per heavy atom. The predicted octanol–water partition coefficient (Wildman–Crippen LogP) is 1.50. The van der Waals surface area contributed by atoms with Crippen molar-refractivity contribution in [2.24, 2.45) is 5.73 Å². The van der Waals surface area contributed by atoms with E-state index in [1.54, 1.807) is 0 Å². The van der Waals surface area contributed by atoms with Crippen LogP contribution in [0.1, 0.15) is 38.5 Å². The lowest BCUT2D eigenvalue weighted by Crippen LogP contribution is -2.55. The van der Waals surface area contributed by atoms with Gasteiger partial charge in [0, 0.05) is 44.8 Å². The molecule has 0 radical (unpaired) electrons. The molecular formula is C20H30N4O2. The van der Waals surface area contributed by atoms with E-state index in [1.807, 2.05) is 23.1 Å². The summed E-state index contributed by atoms with van der Waals surface area (Å²) in [7, 11) is 0. The summed E-state index contributed by atoms with van der Waals surface area (Å²) >= 11 is 0. The molecule has 1 aromatic carbocycles. The van der Waals surface area contributed by atoms with Crippen molar-refractivity contribution in [3.8, 4) is 0 Å². The number of nitrogens with two attached hydrogens (primary N) is 1. The number of anilines is 1. The molecular weight excluding hydrogens is 328 g/mol. The fourth-order valence-electron chi connectivity index (χ4n) is 3.88. The van der Waals surface area contributed by atoms with Crippen molar-refractivity contribution in [1.82, 2.24) is 10.2 Å². The molecule has 26 heavy (non-hydrogen) atoms. The topological polar surface area (TPSA) is 78.7 Å². The maximum atomic E-state index is 12.4. The van der Waals surface area contributed by atoms with Crippen molar-refractivity contribution in [3.63, 3.8) is 0 Å². The van der Waals surface area contributed by atoms with E-state index < -0.39 is 5.54 Å². The number of amides is 2. The smallest absolute Gasteiger partial charge is 0.240 e. The van der Waals surface area contributed by atoms with Gasteiger partial charge in [0.2, 0.25) is 11.8 Å². The maximum absolute atomic E-state index is 12.4. The second-order valence-corrected chi connectivity index (χ2v) is 7.43. The molecule has 6 nitrogen and oxygen atoms in total. The monoisotopic (exact) mass is 358 g/mol. The van der Waals surface area contributed by atoms with Gasteiger partial charge in [-0.1, -0.05) is 37.5 Å². The zero-order valence-electron chi connectivity index (χ0n) is 15.5. The van der Waals surface area contributed by atoms with Crippen LogP contribution in [0, 0.1) is 0 Å². The van der Waals surface area contributed by atoms with Crippen LogP contribution < -0.4 is 16.0 Å². The van der Waals surface area contributed by atoms with Gasteiger partial charge in [-0.3, -0.25) is 9.59 Å². The fourth-order valence-corrected chi connectivity index (χ4v) is 3.88. The Balaban J connectivity index is 1.38. The summed E-state index contributed by atoms with van der Waals surface area (Å²) in [5.41, 5.74) is 6.69. The van der Waals surface area contributed by atoms with Crippen LogP contribution in [0.15, 0.2) is 30.3 Å². The number of carbonyl (C=O) groups excluding carboxylic acids is 2. The summed E-state index contributed by atoms with van der Waals surface area (Å²) in [5.74, 6) is 0.00613. The number of nitrogens with one attached hydrogen (secondary N) is 1. The normalized spacial score (nSPS) is 19.9. The largest absolute Gasteiger partial charge is 0.368 e. The van der Waals surface area contributed by atoms with Crippen LogP contribution in [-0.4, -0.2) is 55.0 Å². The third-order valence-electron chi connectivity index (χ3n) is 5.58. The van der Waals surface area contributed by atoms with E-state index in [4.69, 9.17) is 5.73 Å². The molecule has 1 aliphatic carbocycles. The van der Waals surface area contributed by atoms with Gasteiger partial charge in [0.05, 0.1) is 5.54 Å². The van der Waals surface area contributed by atoms with Crippen LogP contribution in [0.2, 0.25) is 0 Å². The molecule has 2 fully saturated rings. The Labute approximate surface area is 155 Å². The van der Waals surface area contributed by atoms with Crippen LogP contribution in [0.5, 0.6) is 0 Å². The van der Waals surface area contributed by atoms with Crippen LogP contribution in [-0.2, 0) is 9.59 Å². The summed E-state index contributed by atoms with van der Waals surface area (Å²) in [6, 6.07) is 10.3. The average Bonchev–Trinajstić information content (AvgIpc) is 2.69. The Morgan fingerprint density at radius 2 is 1.65 bits per heavy atom. The third-order valence-corrected chi connectivity index (χ3v) is 5.58. The first-order valence-electron chi connectivity index (χ1n) is 9.73. The van der Waals surface area contributed by atoms with Gasteiger partial charge in [-0.25, -0.2) is 0 Å². The summed E-state index contributed by atoms with van der Waals surface area (Å²) < 4.78 is 0. The molecule has 2 aliphatic rings. The van der Waals surface area contributed by atoms with E-state index in [2.05, 4.69) is 22.3 Å². The van der Waals surface area contributed by atoms with Gasteiger partial charge >= 0.3 is 0 Å². The highest BCUT2D eigenvalue weighted by molar-refractivity contribution is 5.86. The molecule has 1 heterocycles. The highest BCUT2D eigenvalue weighted by atomic mass is 16.2. The SMILES string of the molecule is NC1(C(=O)NCCC(=O)N2CCN(c3ccccc3)CC2)CCCCC1. The summed E-state index contributed by atoms with van der Waals surface area (Å²) in [5, 5.41) is 2.88. The van der Waals surface area contributed by atoms with E-state index in [-0.39, 0.29) is 11.8 Å². The first-order chi connectivity index (χ1) is 12.6. The van der Waals surface area contributed by atoms with Gasteiger partial charge < -0.3 is 20.9 Å². The lowest BCUT2D eigenvalue weighted by atomic mass is 9.82. The van der Waals surface area contributed by atoms with Gasteiger partial charge in [0.1, 0.15) is 0 Å².